The molecule has 2 heterocycles. The third kappa shape index (κ3) is 3.41. The molecule has 1 unspecified atom stereocenters. The van der Waals surface area contributed by atoms with Crippen molar-refractivity contribution in [3.63, 3.8) is 0 Å². The lowest BCUT2D eigenvalue weighted by atomic mass is 10.2. The Morgan fingerprint density at radius 2 is 2.15 bits per heavy atom. The van der Waals surface area contributed by atoms with E-state index < -0.39 is 6.43 Å². The fraction of sp³-hybridized carbons (Fsp3) is 0.133. The van der Waals surface area contributed by atoms with Crippen molar-refractivity contribution < 1.29 is 13.5 Å². The molecule has 3 aromatic rings. The molecule has 134 valence electrons. The number of anilines is 2. The van der Waals surface area contributed by atoms with Crippen LogP contribution in [0.4, 0.5) is 20.2 Å². The van der Waals surface area contributed by atoms with Crippen molar-refractivity contribution in [1.29, 1.82) is 5.26 Å². The van der Waals surface area contributed by atoms with Crippen molar-refractivity contribution in [2.75, 3.05) is 12.4 Å². The van der Waals surface area contributed by atoms with E-state index in [1.54, 1.807) is 18.2 Å². The van der Waals surface area contributed by atoms with Crippen molar-refractivity contribution >= 4 is 62.6 Å². The second-order valence-corrected chi connectivity index (χ2v) is 7.43. The van der Waals surface area contributed by atoms with Crippen molar-refractivity contribution in [3.8, 4) is 11.8 Å². The third-order valence-electron chi connectivity index (χ3n) is 3.50. The van der Waals surface area contributed by atoms with E-state index in [0.717, 1.165) is 0 Å². The maximum absolute atomic E-state index is 13.3. The maximum atomic E-state index is 13.3. The lowest BCUT2D eigenvalue weighted by Gasteiger charge is -2.13. The van der Waals surface area contributed by atoms with Crippen LogP contribution in [0.1, 0.15) is 17.8 Å². The Morgan fingerprint density at radius 3 is 2.77 bits per heavy atom. The lowest BCUT2D eigenvalue weighted by molar-refractivity contribution is 0.140. The van der Waals surface area contributed by atoms with E-state index in [1.165, 1.54) is 17.5 Å². The first-order chi connectivity index (χ1) is 12.5. The normalized spacial score (nSPS) is 11.4. The van der Waals surface area contributed by atoms with Crippen LogP contribution in [0.5, 0.6) is 5.75 Å². The van der Waals surface area contributed by atoms with Crippen molar-refractivity contribution in [1.82, 2.24) is 14.3 Å². The zero-order valence-corrected chi connectivity index (χ0v) is 17.0. The molecule has 1 atom stereocenters. The second kappa shape index (κ2) is 7.86. The van der Waals surface area contributed by atoms with E-state index in [1.807, 2.05) is 28.1 Å². The average Bonchev–Trinajstić information content (AvgIpc) is 3.00. The third-order valence-corrected chi connectivity index (χ3v) is 5.75. The number of imidazole rings is 1. The van der Waals surface area contributed by atoms with E-state index in [2.05, 4.69) is 15.3 Å². The van der Waals surface area contributed by atoms with E-state index in [9.17, 15) is 14.0 Å². The van der Waals surface area contributed by atoms with Crippen LogP contribution in [0.3, 0.4) is 0 Å². The number of halogens is 4. The number of alkyl halides is 2. The number of fused-ring (bicyclic) bond motifs is 1. The van der Waals surface area contributed by atoms with Crippen LogP contribution in [-0.2, 0) is 0 Å². The van der Waals surface area contributed by atoms with Crippen LogP contribution in [-0.4, -0.2) is 21.4 Å². The summed E-state index contributed by atoms with van der Waals surface area (Å²) < 4.78 is 33.2. The van der Waals surface area contributed by atoms with Crippen molar-refractivity contribution in [3.05, 3.63) is 40.8 Å². The van der Waals surface area contributed by atoms with Gasteiger partial charge in [-0.3, -0.25) is 4.34 Å². The van der Waals surface area contributed by atoms with Crippen LogP contribution in [0, 0.1) is 11.3 Å². The minimum atomic E-state index is -2.74. The van der Waals surface area contributed by atoms with Gasteiger partial charge in [-0.1, -0.05) is 17.7 Å². The minimum absolute atomic E-state index is 0.0163. The molecule has 0 saturated heterocycles. The number of aromatic nitrogens is 3. The van der Waals surface area contributed by atoms with Gasteiger partial charge in [-0.05, 0) is 34.2 Å². The number of para-hydroxylation sites is 1. The molecule has 6 nitrogen and oxygen atoms in total. The van der Waals surface area contributed by atoms with Gasteiger partial charge in [0.25, 0.3) is 6.43 Å². The molecule has 0 aliphatic rings. The number of nitrogens with zero attached hydrogens (tertiary/aromatic N) is 4. The molecule has 0 bridgehead atoms. The highest BCUT2D eigenvalue weighted by Gasteiger charge is 2.22. The molecular formula is C15H10ClF2IN5OP. The van der Waals surface area contributed by atoms with Crippen molar-refractivity contribution in [2.45, 2.75) is 6.43 Å². The Labute approximate surface area is 166 Å². The molecule has 11 heteroatoms. The highest BCUT2D eigenvalue weighted by Crippen LogP contribution is 2.39. The summed E-state index contributed by atoms with van der Waals surface area (Å²) in [6.45, 7) is 0. The van der Waals surface area contributed by atoms with Gasteiger partial charge in [-0.2, -0.15) is 5.26 Å². The lowest BCUT2D eigenvalue weighted by Crippen LogP contribution is -1.98. The molecule has 0 spiro atoms. The molecule has 0 aliphatic heterocycles. The quantitative estimate of drug-likeness (QED) is 0.283. The second-order valence-electron chi connectivity index (χ2n) is 4.98. The Bertz CT molecular complexity index is 1020. The van der Waals surface area contributed by atoms with Gasteiger partial charge in [0.1, 0.15) is 16.7 Å². The highest BCUT2D eigenvalue weighted by atomic mass is 127. The first-order valence-electron chi connectivity index (χ1n) is 7.08. The van der Waals surface area contributed by atoms with Crippen LogP contribution >= 0.6 is 40.0 Å². The predicted octanol–water partition coefficient (Wildman–Crippen LogP) is 5.44. The molecule has 2 aromatic heterocycles. The molecule has 26 heavy (non-hydrogen) atoms. The maximum Gasteiger partial charge on any atom is 0.295 e. The molecule has 0 radical (unpaired) electrons. The number of hydrogen-bond donors (Lipinski definition) is 1. The fourth-order valence-electron chi connectivity index (χ4n) is 2.45. The van der Waals surface area contributed by atoms with E-state index >= 15 is 0 Å². The monoisotopic (exact) mass is 507 g/mol. The fourth-order valence-corrected chi connectivity index (χ4v) is 4.53. The number of hydrogen-bond acceptors (Lipinski definition) is 5. The number of benzene rings is 1. The number of methoxy groups -OCH3 is 1. The number of rotatable bonds is 5. The molecule has 0 amide bonds. The molecular weight excluding hydrogens is 498 g/mol. The van der Waals surface area contributed by atoms with Crippen molar-refractivity contribution in [2.24, 2.45) is 0 Å². The van der Waals surface area contributed by atoms with Gasteiger partial charge in [0.15, 0.2) is 17.2 Å². The molecule has 1 aromatic carbocycles. The zero-order valence-electron chi connectivity index (χ0n) is 13.1. The minimum Gasteiger partial charge on any atom is -0.493 e. The highest BCUT2D eigenvalue weighted by molar-refractivity contribution is 14.2. The van der Waals surface area contributed by atoms with Crippen LogP contribution in [0.15, 0.2) is 24.3 Å². The summed E-state index contributed by atoms with van der Waals surface area (Å²) >= 11 is 8.06. The summed E-state index contributed by atoms with van der Waals surface area (Å²) in [7, 11) is 1.44. The number of ether oxygens (including phenoxy) is 1. The Balaban J connectivity index is 2.19. The largest absolute Gasteiger partial charge is 0.493 e. The van der Waals surface area contributed by atoms with Gasteiger partial charge in [0.2, 0.25) is 0 Å². The Morgan fingerprint density at radius 1 is 1.38 bits per heavy atom. The summed E-state index contributed by atoms with van der Waals surface area (Å²) in [5.41, 5.74) is 1.74. The standard InChI is InChI=1S/C15H10ClF2IN5OP/c1-25-12-7(6-20)3-2-4-8(12)21-9-5-10(16)22-14-11(9)23-15(13(17)18)24(14)26-19/h2-5,13,26H,1H3,(H,21,22). The van der Waals surface area contributed by atoms with Gasteiger partial charge in [-0.15, -0.1) is 0 Å². The molecule has 0 fully saturated rings. The SMILES string of the molecule is COc1c(C#N)cccc1Nc1cc(Cl)nc2c1nc(C(F)F)n2PI. The summed E-state index contributed by atoms with van der Waals surface area (Å²) in [5, 5.41) is 12.4. The summed E-state index contributed by atoms with van der Waals surface area (Å²) in [4.78, 5) is 8.18. The zero-order chi connectivity index (χ0) is 18.8. The molecule has 1 N–H and O–H groups in total. The molecule has 0 saturated carbocycles. The summed E-state index contributed by atoms with van der Waals surface area (Å²) in [6, 6.07) is 8.52. The van der Waals surface area contributed by atoms with E-state index in [4.69, 9.17) is 16.3 Å². The van der Waals surface area contributed by atoms with Gasteiger partial charge < -0.3 is 10.1 Å². The number of nitriles is 1. The topological polar surface area (TPSA) is 75.8 Å². The van der Waals surface area contributed by atoms with Crippen LogP contribution in [0.2, 0.25) is 5.15 Å². The van der Waals surface area contributed by atoms with Gasteiger partial charge >= 0.3 is 0 Å². The molecule has 0 aliphatic carbocycles. The number of nitrogens with one attached hydrogen (secondary N) is 1. The van der Waals surface area contributed by atoms with E-state index in [-0.39, 0.29) is 28.5 Å². The van der Waals surface area contributed by atoms with Crippen LogP contribution < -0.4 is 10.1 Å². The Kier molecular flexibility index (Phi) is 5.75. The van der Waals surface area contributed by atoms with Gasteiger partial charge in [0.05, 0.1) is 30.4 Å². The summed E-state index contributed by atoms with van der Waals surface area (Å²) in [5.74, 6) is -0.0383. The van der Waals surface area contributed by atoms with Gasteiger partial charge in [-0.25, -0.2) is 18.7 Å². The van der Waals surface area contributed by atoms with E-state index in [0.29, 0.717) is 22.7 Å². The van der Waals surface area contributed by atoms with Crippen LogP contribution in [0.25, 0.3) is 11.2 Å². The van der Waals surface area contributed by atoms with Gasteiger partial charge in [0, 0.05) is 6.07 Å². The first-order valence-corrected chi connectivity index (χ1v) is 11.5. The average molecular weight is 508 g/mol. The first kappa shape index (κ1) is 19.0. The smallest absolute Gasteiger partial charge is 0.295 e. The Hall–Kier alpha value is -1.76. The summed E-state index contributed by atoms with van der Waals surface area (Å²) in [6.07, 6.45) is -2.76. The molecule has 3 rings (SSSR count). The number of pyridine rings is 1. The predicted molar refractivity (Wildman–Crippen MR) is 106 cm³/mol.